The van der Waals surface area contributed by atoms with E-state index in [9.17, 15) is 4.79 Å². The van der Waals surface area contributed by atoms with Gasteiger partial charge in [-0.2, -0.15) is 5.10 Å². The first-order chi connectivity index (χ1) is 8.63. The van der Waals surface area contributed by atoms with E-state index in [0.29, 0.717) is 12.2 Å². The molecule has 1 amide bonds. The number of hydrogen-bond acceptors (Lipinski definition) is 3. The number of hydrogen-bond donors (Lipinski definition) is 1. The van der Waals surface area contributed by atoms with Gasteiger partial charge in [0, 0.05) is 19.2 Å². The zero-order chi connectivity index (χ0) is 14.4. The number of carbonyl (C=O) groups is 1. The summed E-state index contributed by atoms with van der Waals surface area (Å²) < 4.78 is 8.02. The minimum Gasteiger partial charge on any atom is -0.408 e. The third kappa shape index (κ3) is 2.46. The smallest absolute Gasteiger partial charge is 0.270 e. The number of nitrogens with one attached hydrogen (secondary N) is 1. The molecule has 0 spiro atoms. The van der Waals surface area contributed by atoms with Gasteiger partial charge < -0.3 is 9.74 Å². The Balaban J connectivity index is 2.29. The molecule has 0 saturated carbocycles. The van der Waals surface area contributed by atoms with Gasteiger partial charge in [-0.25, -0.2) is 0 Å². The molecule has 0 bridgehead atoms. The second kappa shape index (κ2) is 4.45. The largest absolute Gasteiger partial charge is 0.408 e. The number of rotatable bonds is 2. The lowest BCUT2D eigenvalue weighted by Gasteiger charge is -2.40. The van der Waals surface area contributed by atoms with Crippen molar-refractivity contribution in [2.45, 2.75) is 45.0 Å². The molecule has 2 rings (SSSR count). The predicted octanol–water partition coefficient (Wildman–Crippen LogP) is 2.23. The number of carbonyl (C=O) groups excluding carboxylic acids is 1. The number of fused-ring (bicyclic) bond motifs is 1. The molecular formula is C13H23N3O2Si. The van der Waals surface area contributed by atoms with Crippen LogP contribution in [0.3, 0.4) is 0 Å². The summed E-state index contributed by atoms with van der Waals surface area (Å²) in [5.74, 6) is -0.0647. The predicted molar refractivity (Wildman–Crippen MR) is 76.6 cm³/mol. The van der Waals surface area contributed by atoms with Crippen LogP contribution in [-0.2, 0) is 11.5 Å². The Morgan fingerprint density at radius 2 is 2.11 bits per heavy atom. The normalized spacial score (nSPS) is 20.1. The Kier molecular flexibility index (Phi) is 3.34. The maximum absolute atomic E-state index is 11.9. The fourth-order valence-electron chi connectivity index (χ4n) is 1.98. The van der Waals surface area contributed by atoms with Crippen LogP contribution in [0, 0.1) is 0 Å². The van der Waals surface area contributed by atoms with Crippen molar-refractivity contribution < 1.29 is 9.22 Å². The van der Waals surface area contributed by atoms with Gasteiger partial charge in [-0.05, 0) is 18.1 Å². The molecule has 0 fully saturated rings. The second-order valence-corrected chi connectivity index (χ2v) is 11.4. The van der Waals surface area contributed by atoms with Crippen molar-refractivity contribution in [3.63, 3.8) is 0 Å². The summed E-state index contributed by atoms with van der Waals surface area (Å²) in [7, 11) is -0.0770. The fraction of sp³-hybridized carbons (Fsp3) is 0.692. The van der Waals surface area contributed by atoms with Gasteiger partial charge in [0.1, 0.15) is 5.69 Å². The molecule has 1 aromatic rings. The molecule has 2 heterocycles. The van der Waals surface area contributed by atoms with E-state index < -0.39 is 8.32 Å². The lowest BCUT2D eigenvalue weighted by molar-refractivity contribution is 0.0874. The minimum absolute atomic E-state index is 0.0647. The summed E-state index contributed by atoms with van der Waals surface area (Å²) in [5, 5.41) is 7.22. The van der Waals surface area contributed by atoms with E-state index in [4.69, 9.17) is 4.43 Å². The van der Waals surface area contributed by atoms with Crippen LogP contribution in [0.4, 0.5) is 0 Å². The van der Waals surface area contributed by atoms with Gasteiger partial charge in [-0.3, -0.25) is 9.48 Å². The van der Waals surface area contributed by atoms with Crippen molar-refractivity contribution in [3.8, 4) is 0 Å². The number of aromatic nitrogens is 2. The molecule has 1 atom stereocenters. The molecule has 0 aliphatic carbocycles. The average Bonchev–Trinajstić information content (AvgIpc) is 2.64. The summed E-state index contributed by atoms with van der Waals surface area (Å²) in [5.41, 5.74) is 1.53. The van der Waals surface area contributed by atoms with E-state index in [1.54, 1.807) is 17.9 Å². The molecule has 1 N–H and O–H groups in total. The first-order valence-corrected chi connectivity index (χ1v) is 9.52. The summed E-state index contributed by atoms with van der Waals surface area (Å²) in [4.78, 5) is 11.9. The van der Waals surface area contributed by atoms with E-state index in [1.165, 1.54) is 0 Å². The van der Waals surface area contributed by atoms with Gasteiger partial charge in [0.15, 0.2) is 8.32 Å². The minimum atomic E-state index is -1.86. The van der Waals surface area contributed by atoms with Gasteiger partial charge in [0.05, 0.1) is 12.3 Å². The van der Waals surface area contributed by atoms with Crippen LogP contribution < -0.4 is 5.32 Å². The maximum Gasteiger partial charge on any atom is 0.270 e. The van der Waals surface area contributed by atoms with Crippen LogP contribution in [-0.4, -0.2) is 30.5 Å². The standard InChI is InChI=1S/C13H23N3O2Si/c1-13(2,3)19(5,6)18-10-8-14-12(17)11-9(10)7-15-16(11)4/h7,10H,8H2,1-6H3,(H,14,17)/t10-/m1/s1. The number of amides is 1. The summed E-state index contributed by atoms with van der Waals surface area (Å²) in [6.07, 6.45) is 1.67. The highest BCUT2D eigenvalue weighted by molar-refractivity contribution is 6.74. The Morgan fingerprint density at radius 3 is 2.68 bits per heavy atom. The zero-order valence-corrected chi connectivity index (χ0v) is 13.6. The van der Waals surface area contributed by atoms with E-state index in [1.807, 2.05) is 0 Å². The van der Waals surface area contributed by atoms with Crippen molar-refractivity contribution in [2.24, 2.45) is 7.05 Å². The van der Waals surface area contributed by atoms with Gasteiger partial charge in [-0.1, -0.05) is 20.8 Å². The van der Waals surface area contributed by atoms with Gasteiger partial charge >= 0.3 is 0 Å². The van der Waals surface area contributed by atoms with Crippen LogP contribution >= 0.6 is 0 Å². The Hall–Kier alpha value is -1.14. The zero-order valence-electron chi connectivity index (χ0n) is 12.6. The van der Waals surface area contributed by atoms with Crippen molar-refractivity contribution in [1.29, 1.82) is 0 Å². The van der Waals surface area contributed by atoms with Crippen molar-refractivity contribution in [2.75, 3.05) is 6.54 Å². The molecule has 19 heavy (non-hydrogen) atoms. The molecule has 106 valence electrons. The quantitative estimate of drug-likeness (QED) is 0.846. The van der Waals surface area contributed by atoms with E-state index >= 15 is 0 Å². The van der Waals surface area contributed by atoms with Gasteiger partial charge in [0.2, 0.25) is 0 Å². The molecule has 6 heteroatoms. The van der Waals surface area contributed by atoms with Crippen LogP contribution in [0.25, 0.3) is 0 Å². The highest BCUT2D eigenvalue weighted by Crippen LogP contribution is 2.40. The lowest BCUT2D eigenvalue weighted by atomic mass is 10.1. The number of aryl methyl sites for hydroxylation is 1. The van der Waals surface area contributed by atoms with E-state index in [0.717, 1.165) is 5.56 Å². The van der Waals surface area contributed by atoms with Crippen molar-refractivity contribution in [1.82, 2.24) is 15.1 Å². The summed E-state index contributed by atoms with van der Waals surface area (Å²) in [6, 6.07) is 0. The van der Waals surface area contributed by atoms with Crippen LogP contribution in [0.15, 0.2) is 6.20 Å². The molecule has 0 saturated heterocycles. The lowest BCUT2D eigenvalue weighted by Crippen LogP contribution is -2.46. The maximum atomic E-state index is 11.9. The molecule has 1 aromatic heterocycles. The van der Waals surface area contributed by atoms with Gasteiger partial charge in [0.25, 0.3) is 5.91 Å². The van der Waals surface area contributed by atoms with E-state index in [-0.39, 0.29) is 17.0 Å². The van der Waals surface area contributed by atoms with Crippen molar-refractivity contribution >= 4 is 14.2 Å². The summed E-state index contributed by atoms with van der Waals surface area (Å²) >= 11 is 0. The first kappa shape index (κ1) is 14.3. The highest BCUT2D eigenvalue weighted by Gasteiger charge is 2.41. The first-order valence-electron chi connectivity index (χ1n) is 6.61. The van der Waals surface area contributed by atoms with Gasteiger partial charge in [-0.15, -0.1) is 0 Å². The monoisotopic (exact) mass is 281 g/mol. The summed E-state index contributed by atoms with van der Waals surface area (Å²) in [6.45, 7) is 11.6. The number of nitrogens with zero attached hydrogens (tertiary/aromatic N) is 2. The molecule has 1 aliphatic rings. The highest BCUT2D eigenvalue weighted by atomic mass is 28.4. The van der Waals surface area contributed by atoms with Crippen LogP contribution in [0.1, 0.15) is 42.9 Å². The topological polar surface area (TPSA) is 56.2 Å². The molecule has 0 aromatic carbocycles. The molecular weight excluding hydrogens is 258 g/mol. The molecule has 1 aliphatic heterocycles. The van der Waals surface area contributed by atoms with Crippen LogP contribution in [0.2, 0.25) is 18.1 Å². The fourth-order valence-corrected chi connectivity index (χ4v) is 3.26. The molecule has 0 unspecified atom stereocenters. The van der Waals surface area contributed by atoms with Crippen LogP contribution in [0.5, 0.6) is 0 Å². The Morgan fingerprint density at radius 1 is 1.47 bits per heavy atom. The molecule has 5 nitrogen and oxygen atoms in total. The van der Waals surface area contributed by atoms with E-state index in [2.05, 4.69) is 44.3 Å². The third-order valence-electron chi connectivity index (χ3n) is 4.22. The van der Waals surface area contributed by atoms with Crippen molar-refractivity contribution in [3.05, 3.63) is 17.5 Å². The third-order valence-corrected chi connectivity index (χ3v) is 8.71. The second-order valence-electron chi connectivity index (χ2n) is 6.65. The SMILES string of the molecule is Cn1ncc2c1C(=O)NC[C@H]2O[Si](C)(C)C(C)(C)C. The average molecular weight is 281 g/mol. The Labute approximate surface area is 115 Å². The Bertz CT molecular complexity index is 502. The molecule has 0 radical (unpaired) electrons.